The maximum atomic E-state index is 11.2. The van der Waals surface area contributed by atoms with Gasteiger partial charge in [-0.2, -0.15) is 0 Å². The summed E-state index contributed by atoms with van der Waals surface area (Å²) in [6.07, 6.45) is 6.27. The maximum absolute atomic E-state index is 11.2. The molecule has 0 aliphatic heterocycles. The molecular formula is C15H19I3O2. The molecule has 1 unspecified atom stereocenters. The largest absolute Gasteiger partial charge is 0.478 e. The Hall–Kier alpha value is 0.880. The van der Waals surface area contributed by atoms with Crippen LogP contribution in [0, 0.1) is 10.7 Å². The van der Waals surface area contributed by atoms with Crippen LogP contribution in [0.2, 0.25) is 0 Å². The Labute approximate surface area is 161 Å². The summed E-state index contributed by atoms with van der Waals surface area (Å²) in [5.74, 6) is -0.352. The fourth-order valence-corrected chi connectivity index (χ4v) is 5.66. The van der Waals surface area contributed by atoms with Gasteiger partial charge in [0.2, 0.25) is 0 Å². The van der Waals surface area contributed by atoms with E-state index in [4.69, 9.17) is 0 Å². The summed E-state index contributed by atoms with van der Waals surface area (Å²) in [5.41, 5.74) is 1.73. The van der Waals surface area contributed by atoms with Crippen LogP contribution in [-0.4, -0.2) is 11.1 Å². The molecule has 1 aromatic carbocycles. The van der Waals surface area contributed by atoms with Crippen molar-refractivity contribution in [3.63, 3.8) is 0 Å². The Morgan fingerprint density at radius 3 is 2.40 bits per heavy atom. The number of carbonyl (C=O) groups is 1. The van der Waals surface area contributed by atoms with E-state index in [9.17, 15) is 9.90 Å². The molecule has 112 valence electrons. The number of hydrogen-bond acceptors (Lipinski definition) is 1. The predicted octanol–water partition coefficient (Wildman–Crippen LogP) is 6.27. The standard InChI is InChI=1S/C15H19I3O2/c1-3-4-5-6-7-9(2)12-11(16)8-10(15(19)20)13(17)14(12)18/h8-9H,3-7H2,1-2H3,(H,19,20). The van der Waals surface area contributed by atoms with Gasteiger partial charge in [0, 0.05) is 10.7 Å². The molecule has 0 amide bonds. The highest BCUT2D eigenvalue weighted by Crippen LogP contribution is 2.35. The van der Waals surface area contributed by atoms with Gasteiger partial charge in [-0.15, -0.1) is 0 Å². The number of carboxylic acid groups (broad SMARTS) is 1. The van der Waals surface area contributed by atoms with E-state index >= 15 is 0 Å². The minimum absolute atomic E-state index is 0.418. The van der Waals surface area contributed by atoms with Crippen molar-refractivity contribution >= 4 is 73.7 Å². The van der Waals surface area contributed by atoms with E-state index in [1.165, 1.54) is 37.7 Å². The smallest absolute Gasteiger partial charge is 0.336 e. The molecule has 0 radical (unpaired) electrons. The molecule has 0 aliphatic carbocycles. The molecule has 0 heterocycles. The van der Waals surface area contributed by atoms with Crippen LogP contribution < -0.4 is 0 Å². The van der Waals surface area contributed by atoms with Crippen molar-refractivity contribution in [3.05, 3.63) is 27.9 Å². The molecule has 0 fully saturated rings. The second kappa shape index (κ2) is 9.12. The first-order chi connectivity index (χ1) is 9.40. The van der Waals surface area contributed by atoms with Crippen LogP contribution in [0.5, 0.6) is 0 Å². The highest BCUT2D eigenvalue weighted by atomic mass is 127. The summed E-state index contributed by atoms with van der Waals surface area (Å²) < 4.78 is 3.05. The molecule has 1 N–H and O–H groups in total. The molecule has 2 nitrogen and oxygen atoms in total. The SMILES string of the molecule is CCCCCCC(C)c1c(I)cc(C(=O)O)c(I)c1I. The number of aromatic carboxylic acids is 1. The van der Waals surface area contributed by atoms with Gasteiger partial charge in [-0.3, -0.25) is 0 Å². The molecular weight excluding hydrogens is 593 g/mol. The third kappa shape index (κ3) is 4.96. The second-order valence-corrected chi connectivity index (χ2v) is 8.32. The zero-order valence-electron chi connectivity index (χ0n) is 11.7. The fraction of sp³-hybridized carbons (Fsp3) is 0.533. The molecule has 5 heteroatoms. The van der Waals surface area contributed by atoms with E-state index in [0.29, 0.717) is 11.5 Å². The number of benzene rings is 1. The van der Waals surface area contributed by atoms with Crippen LogP contribution in [0.15, 0.2) is 6.07 Å². The highest BCUT2D eigenvalue weighted by Gasteiger charge is 2.20. The topological polar surface area (TPSA) is 37.3 Å². The molecule has 0 saturated heterocycles. The first kappa shape index (κ1) is 18.9. The molecule has 0 bridgehead atoms. The van der Waals surface area contributed by atoms with Gasteiger partial charge >= 0.3 is 5.97 Å². The van der Waals surface area contributed by atoms with Crippen LogP contribution >= 0.6 is 67.8 Å². The summed E-state index contributed by atoms with van der Waals surface area (Å²) in [6, 6.07) is 1.81. The van der Waals surface area contributed by atoms with Gasteiger partial charge in [0.05, 0.1) is 5.56 Å². The third-order valence-electron chi connectivity index (χ3n) is 3.41. The second-order valence-electron chi connectivity index (χ2n) is 5.00. The maximum Gasteiger partial charge on any atom is 0.336 e. The first-order valence-electron chi connectivity index (χ1n) is 6.80. The summed E-state index contributed by atoms with van der Waals surface area (Å²) in [5, 5.41) is 9.23. The number of rotatable bonds is 7. The molecule has 1 rings (SSSR count). The van der Waals surface area contributed by atoms with Crippen molar-refractivity contribution in [2.75, 3.05) is 0 Å². The van der Waals surface area contributed by atoms with E-state index in [0.717, 1.165) is 10.7 Å². The Balaban J connectivity index is 2.95. The fourth-order valence-electron chi connectivity index (χ4n) is 2.24. The van der Waals surface area contributed by atoms with Gasteiger partial charge in [-0.1, -0.05) is 39.5 Å². The average Bonchev–Trinajstić information content (AvgIpc) is 2.38. The summed E-state index contributed by atoms with van der Waals surface area (Å²) in [4.78, 5) is 11.2. The molecule has 0 saturated carbocycles. The number of carboxylic acids is 1. The zero-order valence-corrected chi connectivity index (χ0v) is 18.2. The minimum Gasteiger partial charge on any atom is -0.478 e. The van der Waals surface area contributed by atoms with Crippen LogP contribution in [-0.2, 0) is 0 Å². The Bertz CT molecular complexity index is 486. The van der Waals surface area contributed by atoms with Gasteiger partial charge in [-0.25, -0.2) is 4.79 Å². The van der Waals surface area contributed by atoms with E-state index in [2.05, 4.69) is 81.6 Å². The normalized spacial score (nSPS) is 12.4. The summed E-state index contributed by atoms with van der Waals surface area (Å²) in [7, 11) is 0. The zero-order chi connectivity index (χ0) is 15.3. The van der Waals surface area contributed by atoms with Crippen molar-refractivity contribution < 1.29 is 9.90 Å². The van der Waals surface area contributed by atoms with Gasteiger partial charge in [-0.05, 0) is 91.7 Å². The average molecular weight is 612 g/mol. The lowest BCUT2D eigenvalue weighted by molar-refractivity contribution is 0.0695. The Morgan fingerprint density at radius 1 is 1.20 bits per heavy atom. The van der Waals surface area contributed by atoms with Crippen LogP contribution in [0.4, 0.5) is 0 Å². The van der Waals surface area contributed by atoms with E-state index < -0.39 is 5.97 Å². The van der Waals surface area contributed by atoms with Gasteiger partial charge < -0.3 is 5.11 Å². The van der Waals surface area contributed by atoms with Gasteiger partial charge in [0.1, 0.15) is 0 Å². The van der Waals surface area contributed by atoms with Crippen molar-refractivity contribution in [2.45, 2.75) is 51.9 Å². The summed E-state index contributed by atoms with van der Waals surface area (Å²) in [6.45, 7) is 4.48. The van der Waals surface area contributed by atoms with Crippen LogP contribution in [0.25, 0.3) is 0 Å². The first-order valence-corrected chi connectivity index (χ1v) is 10.0. The van der Waals surface area contributed by atoms with Crippen molar-refractivity contribution in [2.24, 2.45) is 0 Å². The molecule has 1 aromatic rings. The third-order valence-corrected chi connectivity index (χ3v) is 7.57. The van der Waals surface area contributed by atoms with Crippen molar-refractivity contribution in [3.8, 4) is 0 Å². The number of halogens is 3. The van der Waals surface area contributed by atoms with Crippen molar-refractivity contribution in [1.82, 2.24) is 0 Å². The molecule has 0 aliphatic rings. The number of hydrogen-bond donors (Lipinski definition) is 1. The van der Waals surface area contributed by atoms with E-state index in [1.54, 1.807) is 0 Å². The van der Waals surface area contributed by atoms with Gasteiger partial charge in [0.15, 0.2) is 0 Å². The van der Waals surface area contributed by atoms with Gasteiger partial charge in [0.25, 0.3) is 0 Å². The molecule has 20 heavy (non-hydrogen) atoms. The Kier molecular flexibility index (Phi) is 8.63. The minimum atomic E-state index is -0.840. The molecule has 1 atom stereocenters. The van der Waals surface area contributed by atoms with Crippen molar-refractivity contribution in [1.29, 1.82) is 0 Å². The van der Waals surface area contributed by atoms with Crippen LogP contribution in [0.1, 0.15) is 67.8 Å². The molecule has 0 aromatic heterocycles. The lowest BCUT2D eigenvalue weighted by Gasteiger charge is -2.18. The van der Waals surface area contributed by atoms with E-state index in [1.807, 2.05) is 6.07 Å². The van der Waals surface area contributed by atoms with E-state index in [-0.39, 0.29) is 0 Å². The predicted molar refractivity (Wildman–Crippen MR) is 109 cm³/mol. The quantitative estimate of drug-likeness (QED) is 0.224. The monoisotopic (exact) mass is 612 g/mol. The summed E-state index contributed by atoms with van der Waals surface area (Å²) >= 11 is 6.73. The lowest BCUT2D eigenvalue weighted by atomic mass is 9.94. The Morgan fingerprint density at radius 2 is 1.85 bits per heavy atom. The highest BCUT2D eigenvalue weighted by molar-refractivity contribution is 14.1. The van der Waals surface area contributed by atoms with Crippen LogP contribution in [0.3, 0.4) is 0 Å². The molecule has 0 spiro atoms. The number of unbranched alkanes of at least 4 members (excludes halogenated alkanes) is 3. The lowest BCUT2D eigenvalue weighted by Crippen LogP contribution is -2.08.